The van der Waals surface area contributed by atoms with Gasteiger partial charge in [-0.1, -0.05) is 25.3 Å². The summed E-state index contributed by atoms with van der Waals surface area (Å²) in [5, 5.41) is 9.02. The van der Waals surface area contributed by atoms with E-state index >= 15 is 0 Å². The summed E-state index contributed by atoms with van der Waals surface area (Å²) >= 11 is 0. The van der Waals surface area contributed by atoms with E-state index in [1.807, 2.05) is 4.90 Å². The third-order valence-electron chi connectivity index (χ3n) is 6.91. The molecule has 0 N–H and O–H groups in total. The first-order valence-corrected chi connectivity index (χ1v) is 11.5. The Morgan fingerprint density at radius 3 is 2.27 bits per heavy atom. The highest BCUT2D eigenvalue weighted by Crippen LogP contribution is 2.28. The van der Waals surface area contributed by atoms with E-state index < -0.39 is 0 Å². The van der Waals surface area contributed by atoms with E-state index in [0.29, 0.717) is 11.8 Å². The van der Waals surface area contributed by atoms with Gasteiger partial charge in [0.05, 0.1) is 5.69 Å². The van der Waals surface area contributed by atoms with Gasteiger partial charge in [0.25, 0.3) is 0 Å². The van der Waals surface area contributed by atoms with Gasteiger partial charge in [-0.15, -0.1) is 10.2 Å². The number of carbonyl (C=O) groups is 1. The van der Waals surface area contributed by atoms with Crippen LogP contribution in [0.5, 0.6) is 0 Å². The molecule has 2 aromatic rings. The van der Waals surface area contributed by atoms with E-state index in [0.717, 1.165) is 49.7 Å². The van der Waals surface area contributed by atoms with Crippen LogP contribution < -0.4 is 4.90 Å². The Morgan fingerprint density at radius 1 is 0.900 bits per heavy atom. The highest BCUT2D eigenvalue weighted by atomic mass is 16.2. The van der Waals surface area contributed by atoms with Crippen molar-refractivity contribution in [3.63, 3.8) is 0 Å². The molecule has 2 heterocycles. The number of carbonyl (C=O) groups excluding carboxylic acids is 1. The molecule has 160 valence electrons. The number of hydrogen-bond donors (Lipinski definition) is 0. The van der Waals surface area contributed by atoms with Crippen molar-refractivity contribution < 1.29 is 4.79 Å². The molecule has 1 saturated carbocycles. The number of anilines is 1. The number of aryl methyl sites for hydroxylation is 3. The highest BCUT2D eigenvalue weighted by Gasteiger charge is 2.25. The Kier molecular flexibility index (Phi) is 6.35. The van der Waals surface area contributed by atoms with Crippen molar-refractivity contribution >= 4 is 11.7 Å². The summed E-state index contributed by atoms with van der Waals surface area (Å²) in [7, 11) is 0. The number of piperazine rings is 1. The molecule has 0 bridgehead atoms. The van der Waals surface area contributed by atoms with E-state index in [2.05, 4.69) is 60.1 Å². The number of rotatable bonds is 4. The topological polar surface area (TPSA) is 49.3 Å². The lowest BCUT2D eigenvalue weighted by Crippen LogP contribution is -2.49. The van der Waals surface area contributed by atoms with Crippen LogP contribution >= 0.6 is 0 Å². The Labute approximate surface area is 180 Å². The van der Waals surface area contributed by atoms with E-state index in [1.165, 1.54) is 48.8 Å². The van der Waals surface area contributed by atoms with Crippen LogP contribution in [0.4, 0.5) is 5.82 Å². The maximum Gasteiger partial charge on any atom is 0.222 e. The summed E-state index contributed by atoms with van der Waals surface area (Å²) in [4.78, 5) is 17.0. The lowest BCUT2D eigenvalue weighted by Gasteiger charge is -2.36. The molecule has 2 aliphatic rings. The standard InChI is InChI=1S/C25H34N4O/c1-18-15-20(3)22(16-19(18)2)23-9-10-24(27-26-23)28-11-13-29(14-12-28)25(30)17-21-7-5-4-6-8-21/h9-10,15-16,21H,4-8,11-14,17H2,1-3H3. The average molecular weight is 407 g/mol. The van der Waals surface area contributed by atoms with Gasteiger partial charge in [0, 0.05) is 38.2 Å². The normalized spacial score (nSPS) is 18.0. The Hall–Kier alpha value is -2.43. The number of aromatic nitrogens is 2. The monoisotopic (exact) mass is 406 g/mol. The minimum Gasteiger partial charge on any atom is -0.352 e. The minimum absolute atomic E-state index is 0.341. The van der Waals surface area contributed by atoms with E-state index in [4.69, 9.17) is 0 Å². The van der Waals surface area contributed by atoms with Crippen molar-refractivity contribution in [2.45, 2.75) is 59.3 Å². The fourth-order valence-electron chi connectivity index (χ4n) is 4.83. The van der Waals surface area contributed by atoms with Crippen molar-refractivity contribution in [2.75, 3.05) is 31.1 Å². The molecule has 1 aliphatic carbocycles. The van der Waals surface area contributed by atoms with Crippen LogP contribution in [0.3, 0.4) is 0 Å². The first-order valence-electron chi connectivity index (χ1n) is 11.5. The van der Waals surface area contributed by atoms with Crippen molar-refractivity contribution in [3.8, 4) is 11.3 Å². The number of amides is 1. The summed E-state index contributed by atoms with van der Waals surface area (Å²) in [5.41, 5.74) is 5.87. The highest BCUT2D eigenvalue weighted by molar-refractivity contribution is 5.76. The largest absolute Gasteiger partial charge is 0.352 e. The first-order chi connectivity index (χ1) is 14.5. The molecule has 1 saturated heterocycles. The number of nitrogens with zero attached hydrogens (tertiary/aromatic N) is 4. The lowest BCUT2D eigenvalue weighted by molar-refractivity contribution is -0.132. The van der Waals surface area contributed by atoms with Gasteiger partial charge in [-0.25, -0.2) is 0 Å². The molecule has 5 heteroatoms. The molecule has 2 fully saturated rings. The second-order valence-corrected chi connectivity index (χ2v) is 9.10. The molecule has 0 spiro atoms. The SMILES string of the molecule is Cc1cc(C)c(-c2ccc(N3CCN(C(=O)CC4CCCCC4)CC3)nn2)cc1C. The molecule has 4 rings (SSSR count). The maximum atomic E-state index is 12.7. The van der Waals surface area contributed by atoms with Gasteiger partial charge >= 0.3 is 0 Å². The summed E-state index contributed by atoms with van der Waals surface area (Å²) in [6.07, 6.45) is 7.13. The minimum atomic E-state index is 0.341. The van der Waals surface area contributed by atoms with Gasteiger partial charge in [0.2, 0.25) is 5.91 Å². The molecule has 1 aromatic heterocycles. The van der Waals surface area contributed by atoms with Gasteiger partial charge in [0.15, 0.2) is 5.82 Å². The van der Waals surface area contributed by atoms with E-state index in [1.54, 1.807) is 0 Å². The molecular weight excluding hydrogens is 372 g/mol. The zero-order chi connectivity index (χ0) is 21.1. The molecule has 1 aliphatic heterocycles. The quantitative estimate of drug-likeness (QED) is 0.739. The summed E-state index contributed by atoms with van der Waals surface area (Å²) in [6, 6.07) is 8.55. The molecule has 0 radical (unpaired) electrons. The number of hydrogen-bond acceptors (Lipinski definition) is 4. The molecule has 5 nitrogen and oxygen atoms in total. The molecule has 0 unspecified atom stereocenters. The third kappa shape index (κ3) is 4.66. The Balaban J connectivity index is 1.35. The lowest BCUT2D eigenvalue weighted by atomic mass is 9.86. The van der Waals surface area contributed by atoms with Gasteiger partial charge in [-0.05, 0) is 74.4 Å². The second-order valence-electron chi connectivity index (χ2n) is 9.10. The van der Waals surface area contributed by atoms with Gasteiger partial charge in [-0.3, -0.25) is 4.79 Å². The van der Waals surface area contributed by atoms with Gasteiger partial charge < -0.3 is 9.80 Å². The Bertz CT molecular complexity index is 879. The fourth-order valence-corrected chi connectivity index (χ4v) is 4.83. The molecule has 1 aromatic carbocycles. The zero-order valence-corrected chi connectivity index (χ0v) is 18.7. The van der Waals surface area contributed by atoms with Gasteiger partial charge in [-0.2, -0.15) is 0 Å². The van der Waals surface area contributed by atoms with Crippen LogP contribution in [0, 0.1) is 26.7 Å². The van der Waals surface area contributed by atoms with Crippen molar-refractivity contribution in [1.82, 2.24) is 15.1 Å². The van der Waals surface area contributed by atoms with Crippen LogP contribution in [0.15, 0.2) is 24.3 Å². The van der Waals surface area contributed by atoms with Gasteiger partial charge in [0.1, 0.15) is 0 Å². The van der Waals surface area contributed by atoms with Crippen molar-refractivity contribution in [1.29, 1.82) is 0 Å². The summed E-state index contributed by atoms with van der Waals surface area (Å²) in [6.45, 7) is 9.62. The predicted octanol–water partition coefficient (Wildman–Crippen LogP) is 4.69. The van der Waals surface area contributed by atoms with Crippen molar-refractivity contribution in [2.24, 2.45) is 5.92 Å². The van der Waals surface area contributed by atoms with Crippen LogP contribution in [-0.4, -0.2) is 47.2 Å². The molecule has 0 atom stereocenters. The van der Waals surface area contributed by atoms with Crippen molar-refractivity contribution in [3.05, 3.63) is 41.0 Å². The van der Waals surface area contributed by atoms with E-state index in [-0.39, 0.29) is 0 Å². The zero-order valence-electron chi connectivity index (χ0n) is 18.7. The number of benzene rings is 1. The Morgan fingerprint density at radius 2 is 1.60 bits per heavy atom. The van der Waals surface area contributed by atoms with Crippen LogP contribution in [0.25, 0.3) is 11.3 Å². The van der Waals surface area contributed by atoms with Crippen LogP contribution in [0.1, 0.15) is 55.2 Å². The summed E-state index contributed by atoms with van der Waals surface area (Å²) < 4.78 is 0. The predicted molar refractivity (Wildman–Crippen MR) is 122 cm³/mol. The molecule has 30 heavy (non-hydrogen) atoms. The average Bonchev–Trinajstić information content (AvgIpc) is 2.77. The maximum absolute atomic E-state index is 12.7. The molecular formula is C25H34N4O. The van der Waals surface area contributed by atoms with Crippen LogP contribution in [0.2, 0.25) is 0 Å². The smallest absolute Gasteiger partial charge is 0.222 e. The third-order valence-corrected chi connectivity index (χ3v) is 6.91. The summed E-state index contributed by atoms with van der Waals surface area (Å²) in [5.74, 6) is 1.85. The fraction of sp³-hybridized carbons (Fsp3) is 0.560. The molecule has 1 amide bonds. The second kappa shape index (κ2) is 9.15. The van der Waals surface area contributed by atoms with E-state index in [9.17, 15) is 4.79 Å². The first kappa shape index (κ1) is 20.8. The van der Waals surface area contributed by atoms with Crippen LogP contribution in [-0.2, 0) is 4.79 Å².